The van der Waals surface area contributed by atoms with E-state index in [9.17, 15) is 9.59 Å². The summed E-state index contributed by atoms with van der Waals surface area (Å²) in [5, 5.41) is 2.95. The molecule has 0 fully saturated rings. The number of halogens is 2. The predicted molar refractivity (Wildman–Crippen MR) is 93.0 cm³/mol. The third kappa shape index (κ3) is 4.19. The van der Waals surface area contributed by atoms with Gasteiger partial charge < -0.3 is 14.8 Å². The first-order chi connectivity index (χ1) is 11.4. The Hall–Kier alpha value is -2.24. The molecule has 2 rings (SSSR count). The third-order valence-corrected chi connectivity index (χ3v) is 3.81. The molecule has 126 valence electrons. The lowest BCUT2D eigenvalue weighted by Crippen LogP contribution is -2.30. The highest BCUT2D eigenvalue weighted by molar-refractivity contribution is 6.39. The number of carbonyl (C=O) groups excluding carboxylic acids is 2. The van der Waals surface area contributed by atoms with Gasteiger partial charge in [0.1, 0.15) is 5.75 Å². The molecule has 2 aromatic carbocycles. The largest absolute Gasteiger partial charge is 0.495 e. The first kappa shape index (κ1) is 18.1. The smallest absolute Gasteiger partial charge is 0.341 e. The first-order valence-electron chi connectivity index (χ1n) is 7.03. The fraction of sp³-hybridized carbons (Fsp3) is 0.176. The van der Waals surface area contributed by atoms with Crippen molar-refractivity contribution in [1.29, 1.82) is 0 Å². The average molecular weight is 368 g/mol. The van der Waals surface area contributed by atoms with E-state index < -0.39 is 18.0 Å². The molecule has 1 amide bonds. The van der Waals surface area contributed by atoms with Gasteiger partial charge >= 0.3 is 5.97 Å². The highest BCUT2D eigenvalue weighted by Crippen LogP contribution is 2.26. The van der Waals surface area contributed by atoms with E-state index in [1.165, 1.54) is 26.2 Å². The van der Waals surface area contributed by atoms with Gasteiger partial charge in [-0.05, 0) is 31.2 Å². The van der Waals surface area contributed by atoms with E-state index in [1.54, 1.807) is 30.3 Å². The van der Waals surface area contributed by atoms with E-state index in [0.29, 0.717) is 11.4 Å². The van der Waals surface area contributed by atoms with Crippen molar-refractivity contribution in [1.82, 2.24) is 0 Å². The SMILES string of the molecule is COc1ccccc1NC(=O)C(C)OC(=O)c1c(Cl)cccc1Cl. The van der Waals surface area contributed by atoms with E-state index >= 15 is 0 Å². The van der Waals surface area contributed by atoms with Gasteiger partial charge in [-0.1, -0.05) is 41.4 Å². The molecule has 0 aliphatic rings. The molecular formula is C17H15Cl2NO4. The number of ether oxygens (including phenoxy) is 2. The van der Waals surface area contributed by atoms with Gasteiger partial charge in [-0.15, -0.1) is 0 Å². The summed E-state index contributed by atoms with van der Waals surface area (Å²) in [6.07, 6.45) is -1.05. The lowest BCUT2D eigenvalue weighted by Gasteiger charge is -2.15. The minimum Gasteiger partial charge on any atom is -0.495 e. The van der Waals surface area contributed by atoms with E-state index in [0.717, 1.165) is 0 Å². The Balaban J connectivity index is 2.07. The second-order valence-electron chi connectivity index (χ2n) is 4.83. The summed E-state index contributed by atoms with van der Waals surface area (Å²) in [5.74, 6) is -0.775. The quantitative estimate of drug-likeness (QED) is 0.804. The van der Waals surface area contributed by atoms with Crippen molar-refractivity contribution in [2.75, 3.05) is 12.4 Å². The Morgan fingerprint density at radius 1 is 1.04 bits per heavy atom. The first-order valence-corrected chi connectivity index (χ1v) is 7.78. The Bertz CT molecular complexity index is 744. The molecule has 24 heavy (non-hydrogen) atoms. The number of para-hydroxylation sites is 2. The van der Waals surface area contributed by atoms with Crippen LogP contribution in [0.3, 0.4) is 0 Å². The number of nitrogens with one attached hydrogen (secondary N) is 1. The van der Waals surface area contributed by atoms with Crippen LogP contribution in [0.15, 0.2) is 42.5 Å². The van der Waals surface area contributed by atoms with Crippen molar-refractivity contribution >= 4 is 40.8 Å². The van der Waals surface area contributed by atoms with Crippen molar-refractivity contribution < 1.29 is 19.1 Å². The van der Waals surface area contributed by atoms with E-state index in [2.05, 4.69) is 5.32 Å². The fourth-order valence-electron chi connectivity index (χ4n) is 1.95. The summed E-state index contributed by atoms with van der Waals surface area (Å²) in [7, 11) is 1.49. The van der Waals surface area contributed by atoms with Gasteiger partial charge in [-0.25, -0.2) is 4.79 Å². The van der Waals surface area contributed by atoms with Crippen molar-refractivity contribution in [2.45, 2.75) is 13.0 Å². The molecule has 5 nitrogen and oxygen atoms in total. The van der Waals surface area contributed by atoms with Crippen LogP contribution in [0.4, 0.5) is 5.69 Å². The number of rotatable bonds is 5. The molecular weight excluding hydrogens is 353 g/mol. The summed E-state index contributed by atoms with van der Waals surface area (Å²) in [4.78, 5) is 24.4. The second kappa shape index (κ2) is 8.04. The van der Waals surface area contributed by atoms with Crippen molar-refractivity contribution in [3.05, 3.63) is 58.1 Å². The molecule has 0 spiro atoms. The van der Waals surface area contributed by atoms with Crippen LogP contribution in [0.5, 0.6) is 5.75 Å². The molecule has 0 saturated carbocycles. The third-order valence-electron chi connectivity index (χ3n) is 3.18. The van der Waals surface area contributed by atoms with Crippen LogP contribution in [-0.4, -0.2) is 25.1 Å². The highest BCUT2D eigenvalue weighted by Gasteiger charge is 2.23. The van der Waals surface area contributed by atoms with E-state index in [1.807, 2.05) is 0 Å². The number of amides is 1. The van der Waals surface area contributed by atoms with Gasteiger partial charge in [0.2, 0.25) is 0 Å². The molecule has 0 saturated heterocycles. The molecule has 1 atom stereocenters. The predicted octanol–water partition coefficient (Wildman–Crippen LogP) is 4.19. The van der Waals surface area contributed by atoms with Crippen LogP contribution >= 0.6 is 23.2 Å². The minimum absolute atomic E-state index is 0.0257. The van der Waals surface area contributed by atoms with Gasteiger partial charge in [0.15, 0.2) is 6.10 Å². The zero-order chi connectivity index (χ0) is 17.7. The fourth-order valence-corrected chi connectivity index (χ4v) is 2.50. The van der Waals surface area contributed by atoms with Crippen LogP contribution in [0, 0.1) is 0 Å². The molecule has 0 aliphatic carbocycles. The van der Waals surface area contributed by atoms with E-state index in [-0.39, 0.29) is 15.6 Å². The summed E-state index contributed by atoms with van der Waals surface area (Å²) in [6.45, 7) is 1.45. The van der Waals surface area contributed by atoms with Crippen molar-refractivity contribution in [2.24, 2.45) is 0 Å². The molecule has 0 heterocycles. The van der Waals surface area contributed by atoms with Crippen LogP contribution in [-0.2, 0) is 9.53 Å². The van der Waals surface area contributed by atoms with Gasteiger partial charge in [0.25, 0.3) is 5.91 Å². The highest BCUT2D eigenvalue weighted by atomic mass is 35.5. The standard InChI is InChI=1S/C17H15Cl2NO4/c1-10(16(21)20-13-8-3-4-9-14(13)23-2)24-17(22)15-11(18)6-5-7-12(15)19/h3-10H,1-2H3,(H,20,21). The average Bonchev–Trinajstić information content (AvgIpc) is 2.55. The number of esters is 1. The van der Waals surface area contributed by atoms with E-state index in [4.69, 9.17) is 32.7 Å². The molecule has 0 radical (unpaired) electrons. The molecule has 7 heteroatoms. The topological polar surface area (TPSA) is 64.6 Å². The monoisotopic (exact) mass is 367 g/mol. The van der Waals surface area contributed by atoms with Crippen LogP contribution < -0.4 is 10.1 Å². The summed E-state index contributed by atoms with van der Waals surface area (Å²) >= 11 is 11.9. The van der Waals surface area contributed by atoms with Gasteiger partial charge in [0.05, 0.1) is 28.4 Å². The summed E-state index contributed by atoms with van der Waals surface area (Å²) < 4.78 is 10.3. The number of methoxy groups -OCH3 is 1. The molecule has 1 N–H and O–H groups in total. The Labute approximate surface area is 149 Å². The molecule has 0 aliphatic heterocycles. The lowest BCUT2D eigenvalue weighted by molar-refractivity contribution is -0.123. The van der Waals surface area contributed by atoms with Gasteiger partial charge in [-0.3, -0.25) is 4.79 Å². The van der Waals surface area contributed by atoms with Crippen LogP contribution in [0.1, 0.15) is 17.3 Å². The Kier molecular flexibility index (Phi) is 6.06. The number of anilines is 1. The number of benzene rings is 2. The van der Waals surface area contributed by atoms with Crippen LogP contribution in [0.2, 0.25) is 10.0 Å². The number of carbonyl (C=O) groups is 2. The number of hydrogen-bond donors (Lipinski definition) is 1. The lowest BCUT2D eigenvalue weighted by atomic mass is 10.2. The van der Waals surface area contributed by atoms with Gasteiger partial charge in [0, 0.05) is 0 Å². The van der Waals surface area contributed by atoms with Crippen molar-refractivity contribution in [3.8, 4) is 5.75 Å². The van der Waals surface area contributed by atoms with Crippen molar-refractivity contribution in [3.63, 3.8) is 0 Å². The Morgan fingerprint density at radius 3 is 2.29 bits per heavy atom. The summed E-state index contributed by atoms with van der Waals surface area (Å²) in [5.41, 5.74) is 0.501. The molecule has 0 bridgehead atoms. The molecule has 2 aromatic rings. The zero-order valence-corrected chi connectivity index (χ0v) is 14.5. The number of hydrogen-bond acceptors (Lipinski definition) is 4. The minimum atomic E-state index is -1.05. The summed E-state index contributed by atoms with van der Waals surface area (Å²) in [6, 6.07) is 11.5. The molecule has 1 unspecified atom stereocenters. The van der Waals surface area contributed by atoms with Gasteiger partial charge in [-0.2, -0.15) is 0 Å². The maximum absolute atomic E-state index is 12.2. The zero-order valence-electron chi connectivity index (χ0n) is 13.0. The maximum atomic E-state index is 12.2. The normalized spacial score (nSPS) is 11.5. The Morgan fingerprint density at radius 2 is 1.67 bits per heavy atom. The maximum Gasteiger partial charge on any atom is 0.341 e. The molecule has 0 aromatic heterocycles. The second-order valence-corrected chi connectivity index (χ2v) is 5.65. The van der Waals surface area contributed by atoms with Crippen LogP contribution in [0.25, 0.3) is 0 Å².